The summed E-state index contributed by atoms with van der Waals surface area (Å²) in [5, 5.41) is 5.99. The highest BCUT2D eigenvalue weighted by Crippen LogP contribution is 2.29. The van der Waals surface area contributed by atoms with Crippen LogP contribution in [-0.2, 0) is 4.74 Å². The van der Waals surface area contributed by atoms with Gasteiger partial charge in [-0.05, 0) is 69.7 Å². The van der Waals surface area contributed by atoms with Crippen LogP contribution in [0.2, 0.25) is 0 Å². The predicted octanol–water partition coefficient (Wildman–Crippen LogP) is 6.52. The van der Waals surface area contributed by atoms with E-state index in [1.165, 1.54) is 24.3 Å². The molecule has 3 rings (SSSR count). The van der Waals surface area contributed by atoms with Gasteiger partial charge in [0.05, 0.1) is 11.4 Å². The van der Waals surface area contributed by atoms with Crippen LogP contribution >= 0.6 is 0 Å². The molecule has 166 valence electrons. The predicted molar refractivity (Wildman–Crippen MR) is 125 cm³/mol. The van der Waals surface area contributed by atoms with Crippen molar-refractivity contribution in [2.45, 2.75) is 39.3 Å². The Labute approximate surface area is 187 Å². The van der Waals surface area contributed by atoms with Crippen LogP contribution < -0.4 is 10.6 Å². The van der Waals surface area contributed by atoms with E-state index in [0.29, 0.717) is 16.9 Å². The highest BCUT2D eigenvalue weighted by Gasteiger charge is 2.24. The molecule has 3 aromatic rings. The van der Waals surface area contributed by atoms with E-state index >= 15 is 0 Å². The van der Waals surface area contributed by atoms with Crippen LogP contribution in [0.4, 0.5) is 20.6 Å². The van der Waals surface area contributed by atoms with E-state index in [1.807, 2.05) is 31.2 Å². The van der Waals surface area contributed by atoms with Gasteiger partial charge in [0.15, 0.2) is 5.78 Å². The molecule has 0 aliphatic carbocycles. The highest BCUT2D eigenvalue weighted by atomic mass is 19.1. The quantitative estimate of drug-likeness (QED) is 0.434. The number of anilines is 2. The lowest BCUT2D eigenvalue weighted by Crippen LogP contribution is -2.28. The molecule has 0 aliphatic heterocycles. The fourth-order valence-electron chi connectivity index (χ4n) is 3.13. The van der Waals surface area contributed by atoms with Crippen molar-refractivity contribution in [3.63, 3.8) is 0 Å². The van der Waals surface area contributed by atoms with Crippen molar-refractivity contribution < 1.29 is 18.7 Å². The molecule has 3 aromatic carbocycles. The summed E-state index contributed by atoms with van der Waals surface area (Å²) in [6, 6.07) is 19.4. The summed E-state index contributed by atoms with van der Waals surface area (Å²) < 4.78 is 18.7. The van der Waals surface area contributed by atoms with Crippen molar-refractivity contribution in [3.05, 3.63) is 95.3 Å². The average molecular weight is 435 g/mol. The van der Waals surface area contributed by atoms with Crippen molar-refractivity contribution in [1.29, 1.82) is 0 Å². The molecule has 0 radical (unpaired) electrons. The molecule has 0 aliphatic rings. The first-order valence-electron chi connectivity index (χ1n) is 10.3. The second-order valence-electron chi connectivity index (χ2n) is 8.53. The number of hydrogen-bond acceptors (Lipinski definition) is 4. The monoisotopic (exact) mass is 434 g/mol. The molecule has 1 unspecified atom stereocenters. The number of Topliss-reactive ketones (excluding diaryl/α,β-unsaturated/α-hetero) is 1. The van der Waals surface area contributed by atoms with E-state index < -0.39 is 23.6 Å². The number of aryl methyl sites for hydroxylation is 1. The van der Waals surface area contributed by atoms with Crippen molar-refractivity contribution in [3.8, 4) is 0 Å². The van der Waals surface area contributed by atoms with Crippen LogP contribution in [0.15, 0.2) is 72.8 Å². The Morgan fingerprint density at radius 1 is 0.875 bits per heavy atom. The van der Waals surface area contributed by atoms with Gasteiger partial charge in [-0.15, -0.1) is 0 Å². The molecule has 6 heteroatoms. The maximum atomic E-state index is 13.4. The Bertz CT molecular complexity index is 1090. The first kappa shape index (κ1) is 23.0. The maximum Gasteiger partial charge on any atom is 0.412 e. The Hall–Kier alpha value is -3.67. The normalized spacial score (nSPS) is 12.0. The van der Waals surface area contributed by atoms with Gasteiger partial charge in [0, 0.05) is 5.56 Å². The van der Waals surface area contributed by atoms with E-state index in [0.717, 1.165) is 11.1 Å². The number of nitrogens with one attached hydrogen (secondary N) is 2. The first-order valence-corrected chi connectivity index (χ1v) is 10.3. The summed E-state index contributed by atoms with van der Waals surface area (Å²) in [6.45, 7) is 7.32. The molecule has 2 N–H and O–H groups in total. The molecule has 0 bridgehead atoms. The minimum absolute atomic E-state index is 0.221. The number of carbonyl (C=O) groups is 2. The number of ether oxygens (including phenoxy) is 1. The van der Waals surface area contributed by atoms with Gasteiger partial charge >= 0.3 is 6.09 Å². The molecule has 1 amide bonds. The average Bonchev–Trinajstić information content (AvgIpc) is 2.72. The summed E-state index contributed by atoms with van der Waals surface area (Å²) in [5.74, 6) is -0.630. The fraction of sp³-hybridized carbons (Fsp3) is 0.231. The Kier molecular flexibility index (Phi) is 6.93. The van der Waals surface area contributed by atoms with Crippen molar-refractivity contribution in [2.75, 3.05) is 10.6 Å². The van der Waals surface area contributed by atoms with Crippen molar-refractivity contribution >= 4 is 23.3 Å². The van der Waals surface area contributed by atoms with Gasteiger partial charge in [0.2, 0.25) is 0 Å². The number of amides is 1. The number of rotatable bonds is 6. The maximum absolute atomic E-state index is 13.4. The largest absolute Gasteiger partial charge is 0.444 e. The topological polar surface area (TPSA) is 67.4 Å². The number of halogens is 1. The fourth-order valence-corrected chi connectivity index (χ4v) is 3.13. The van der Waals surface area contributed by atoms with E-state index in [1.54, 1.807) is 45.0 Å². The van der Waals surface area contributed by atoms with Gasteiger partial charge in [0.25, 0.3) is 0 Å². The van der Waals surface area contributed by atoms with Gasteiger partial charge in [-0.2, -0.15) is 0 Å². The van der Waals surface area contributed by atoms with Gasteiger partial charge < -0.3 is 10.1 Å². The zero-order valence-corrected chi connectivity index (χ0v) is 18.6. The van der Waals surface area contributed by atoms with Gasteiger partial charge in [-0.3, -0.25) is 10.1 Å². The lowest BCUT2D eigenvalue weighted by molar-refractivity contribution is 0.0636. The Morgan fingerprint density at radius 3 is 2.06 bits per heavy atom. The van der Waals surface area contributed by atoms with Crippen molar-refractivity contribution in [2.24, 2.45) is 0 Å². The van der Waals surface area contributed by atoms with E-state index in [2.05, 4.69) is 10.6 Å². The van der Waals surface area contributed by atoms with Gasteiger partial charge in [0.1, 0.15) is 17.5 Å². The van der Waals surface area contributed by atoms with Crippen molar-refractivity contribution in [1.82, 2.24) is 0 Å². The summed E-state index contributed by atoms with van der Waals surface area (Å²) in [7, 11) is 0. The number of para-hydroxylation sites is 2. The Morgan fingerprint density at radius 2 is 1.47 bits per heavy atom. The van der Waals surface area contributed by atoms with Crippen LogP contribution in [0, 0.1) is 12.7 Å². The summed E-state index contributed by atoms with van der Waals surface area (Å²) >= 11 is 0. The molecular weight excluding hydrogens is 407 g/mol. The third kappa shape index (κ3) is 6.17. The van der Waals surface area contributed by atoms with Gasteiger partial charge in [-0.25, -0.2) is 9.18 Å². The second-order valence-corrected chi connectivity index (χ2v) is 8.53. The molecule has 0 spiro atoms. The van der Waals surface area contributed by atoms with E-state index in [4.69, 9.17) is 4.74 Å². The minimum Gasteiger partial charge on any atom is -0.444 e. The lowest BCUT2D eigenvalue weighted by Gasteiger charge is -2.23. The number of carbonyl (C=O) groups excluding carboxylic acids is 2. The zero-order valence-electron chi connectivity index (χ0n) is 18.6. The summed E-state index contributed by atoms with van der Waals surface area (Å²) in [6.07, 6.45) is -0.594. The van der Waals surface area contributed by atoms with Crippen LogP contribution in [0.1, 0.15) is 48.3 Å². The van der Waals surface area contributed by atoms with Crippen LogP contribution in [-0.4, -0.2) is 17.5 Å². The summed E-state index contributed by atoms with van der Waals surface area (Å²) in [4.78, 5) is 25.7. The molecule has 0 heterocycles. The van der Waals surface area contributed by atoms with Crippen LogP contribution in [0.5, 0.6) is 0 Å². The summed E-state index contributed by atoms with van der Waals surface area (Å²) in [5.41, 5.74) is 2.58. The molecule has 1 atom stereocenters. The highest BCUT2D eigenvalue weighted by molar-refractivity contribution is 6.03. The smallest absolute Gasteiger partial charge is 0.412 e. The number of hydrogen-bond donors (Lipinski definition) is 2. The minimum atomic E-state index is -0.748. The third-order valence-corrected chi connectivity index (χ3v) is 4.66. The van der Waals surface area contributed by atoms with E-state index in [-0.39, 0.29) is 5.78 Å². The lowest BCUT2D eigenvalue weighted by atomic mass is 9.96. The molecule has 0 saturated heterocycles. The molecule has 0 fully saturated rings. The molecular formula is C26H27FN2O3. The SMILES string of the molecule is Cc1ccc(C(Nc2ccccc2NC(=O)OC(C)(C)C)C(=O)c2ccc(F)cc2)cc1. The van der Waals surface area contributed by atoms with Crippen LogP contribution in [0.25, 0.3) is 0 Å². The van der Waals surface area contributed by atoms with E-state index in [9.17, 15) is 14.0 Å². The first-order chi connectivity index (χ1) is 15.1. The Balaban J connectivity index is 1.93. The molecule has 32 heavy (non-hydrogen) atoms. The third-order valence-electron chi connectivity index (χ3n) is 4.66. The number of ketones is 1. The zero-order chi connectivity index (χ0) is 23.3. The molecule has 5 nitrogen and oxygen atoms in total. The molecule has 0 saturated carbocycles. The number of benzene rings is 3. The second kappa shape index (κ2) is 9.64. The molecule has 0 aromatic heterocycles. The standard InChI is InChI=1S/C26H27FN2O3/c1-17-9-11-18(12-10-17)23(24(30)19-13-15-20(27)16-14-19)28-21-7-5-6-8-22(21)29-25(31)32-26(2,3)4/h5-16,23,28H,1-4H3,(H,29,31). The van der Waals surface area contributed by atoms with Gasteiger partial charge in [-0.1, -0.05) is 42.0 Å². The van der Waals surface area contributed by atoms with Crippen LogP contribution in [0.3, 0.4) is 0 Å².